The van der Waals surface area contributed by atoms with Gasteiger partial charge in [-0.2, -0.15) is 0 Å². The quantitative estimate of drug-likeness (QED) is 0.722. The van der Waals surface area contributed by atoms with E-state index < -0.39 is 18.0 Å². The molecular formula is C20H19ClFN3O4. The first-order valence-corrected chi connectivity index (χ1v) is 9.30. The van der Waals surface area contributed by atoms with Crippen LogP contribution < -0.4 is 10.6 Å². The summed E-state index contributed by atoms with van der Waals surface area (Å²) in [4.78, 5) is 38.0. The van der Waals surface area contributed by atoms with Crippen molar-refractivity contribution in [3.63, 3.8) is 0 Å². The molecule has 0 bridgehead atoms. The third kappa shape index (κ3) is 5.52. The zero-order valence-corrected chi connectivity index (χ0v) is 16.1. The third-order valence-electron chi connectivity index (χ3n) is 4.35. The van der Waals surface area contributed by atoms with Crippen molar-refractivity contribution in [2.45, 2.75) is 12.8 Å². The molecule has 0 aromatic heterocycles. The van der Waals surface area contributed by atoms with Crippen LogP contribution in [0.3, 0.4) is 0 Å². The van der Waals surface area contributed by atoms with Crippen LogP contribution in [0, 0.1) is 5.82 Å². The summed E-state index contributed by atoms with van der Waals surface area (Å²) in [5.74, 6) is -2.31. The SMILES string of the molecule is O=C(NCc1ccc(F)cc1)C(=O)NC[C@@H]1OCCN1C(=O)c1ccc(Cl)cc1. The fraction of sp³-hybridized carbons (Fsp3) is 0.250. The predicted molar refractivity (Wildman–Crippen MR) is 103 cm³/mol. The van der Waals surface area contributed by atoms with Gasteiger partial charge in [-0.05, 0) is 42.0 Å². The Kier molecular flexibility index (Phi) is 6.79. The van der Waals surface area contributed by atoms with Crippen molar-refractivity contribution in [3.05, 3.63) is 70.5 Å². The van der Waals surface area contributed by atoms with Crippen LogP contribution in [-0.4, -0.2) is 48.5 Å². The Bertz CT molecular complexity index is 890. The Balaban J connectivity index is 1.49. The Morgan fingerprint density at radius 3 is 2.38 bits per heavy atom. The summed E-state index contributed by atoms with van der Waals surface area (Å²) in [5, 5.41) is 5.44. The van der Waals surface area contributed by atoms with Crippen LogP contribution in [0.1, 0.15) is 15.9 Å². The maximum atomic E-state index is 12.9. The monoisotopic (exact) mass is 419 g/mol. The molecule has 2 N–H and O–H groups in total. The molecule has 1 saturated heterocycles. The Labute approximate surface area is 171 Å². The number of nitrogens with one attached hydrogen (secondary N) is 2. The van der Waals surface area contributed by atoms with Crippen molar-refractivity contribution >= 4 is 29.3 Å². The van der Waals surface area contributed by atoms with E-state index in [0.717, 1.165) is 0 Å². The smallest absolute Gasteiger partial charge is 0.309 e. The molecule has 9 heteroatoms. The fourth-order valence-corrected chi connectivity index (χ4v) is 2.93. The number of carbonyl (C=O) groups is 3. The summed E-state index contributed by atoms with van der Waals surface area (Å²) < 4.78 is 18.4. The van der Waals surface area contributed by atoms with Gasteiger partial charge >= 0.3 is 11.8 Å². The molecule has 1 aliphatic heterocycles. The zero-order chi connectivity index (χ0) is 20.8. The molecule has 29 heavy (non-hydrogen) atoms. The number of benzene rings is 2. The first-order valence-electron chi connectivity index (χ1n) is 8.92. The molecule has 7 nitrogen and oxygen atoms in total. The minimum atomic E-state index is -0.846. The van der Waals surface area contributed by atoms with Gasteiger partial charge in [0.05, 0.1) is 13.2 Å². The lowest BCUT2D eigenvalue weighted by molar-refractivity contribution is -0.139. The predicted octanol–water partition coefficient (Wildman–Crippen LogP) is 1.71. The van der Waals surface area contributed by atoms with E-state index in [9.17, 15) is 18.8 Å². The summed E-state index contributed by atoms with van der Waals surface area (Å²) in [6.07, 6.45) is -0.674. The number of halogens is 2. The Hall–Kier alpha value is -2.97. The van der Waals surface area contributed by atoms with Crippen LogP contribution >= 0.6 is 11.6 Å². The Morgan fingerprint density at radius 1 is 1.03 bits per heavy atom. The van der Waals surface area contributed by atoms with Gasteiger partial charge in [0, 0.05) is 23.7 Å². The highest BCUT2D eigenvalue weighted by Crippen LogP contribution is 2.16. The van der Waals surface area contributed by atoms with Gasteiger partial charge < -0.3 is 20.3 Å². The second-order valence-electron chi connectivity index (χ2n) is 6.35. The van der Waals surface area contributed by atoms with Gasteiger partial charge in [-0.15, -0.1) is 0 Å². The van der Waals surface area contributed by atoms with Gasteiger partial charge in [-0.25, -0.2) is 4.39 Å². The number of amides is 3. The van der Waals surface area contributed by atoms with E-state index in [-0.39, 0.29) is 24.8 Å². The topological polar surface area (TPSA) is 87.7 Å². The molecule has 1 fully saturated rings. The van der Waals surface area contributed by atoms with Gasteiger partial charge in [-0.1, -0.05) is 23.7 Å². The Morgan fingerprint density at radius 2 is 1.69 bits per heavy atom. The van der Waals surface area contributed by atoms with Crippen LogP contribution in [0.4, 0.5) is 4.39 Å². The summed E-state index contributed by atoms with van der Waals surface area (Å²) in [7, 11) is 0. The minimum absolute atomic E-state index is 0.0257. The molecule has 0 radical (unpaired) electrons. The molecule has 0 aliphatic carbocycles. The summed E-state index contributed by atoms with van der Waals surface area (Å²) in [6.45, 7) is 0.769. The van der Waals surface area contributed by atoms with Crippen LogP contribution in [0.5, 0.6) is 0 Å². The highest BCUT2D eigenvalue weighted by molar-refractivity contribution is 6.35. The molecule has 0 spiro atoms. The van der Waals surface area contributed by atoms with Crippen molar-refractivity contribution < 1.29 is 23.5 Å². The highest BCUT2D eigenvalue weighted by Gasteiger charge is 2.31. The van der Waals surface area contributed by atoms with E-state index in [0.29, 0.717) is 29.3 Å². The lowest BCUT2D eigenvalue weighted by atomic mass is 10.2. The molecule has 2 aromatic rings. The lowest BCUT2D eigenvalue weighted by Crippen LogP contribution is -2.47. The second-order valence-corrected chi connectivity index (χ2v) is 6.79. The fourth-order valence-electron chi connectivity index (χ4n) is 2.81. The first kappa shape index (κ1) is 20.8. The summed E-state index contributed by atoms with van der Waals surface area (Å²) >= 11 is 5.84. The highest BCUT2D eigenvalue weighted by atomic mass is 35.5. The average Bonchev–Trinajstić information content (AvgIpc) is 3.20. The molecule has 0 saturated carbocycles. The minimum Gasteiger partial charge on any atom is -0.355 e. The molecule has 2 aromatic carbocycles. The molecule has 152 valence electrons. The van der Waals surface area contributed by atoms with Crippen LogP contribution in [0.15, 0.2) is 48.5 Å². The molecule has 0 unspecified atom stereocenters. The number of hydrogen-bond donors (Lipinski definition) is 2. The standard InChI is InChI=1S/C20H19ClFN3O4/c21-15-5-3-14(4-6-15)20(28)25-9-10-29-17(25)12-24-19(27)18(26)23-11-13-1-7-16(22)8-2-13/h1-8,17H,9-12H2,(H,23,26)(H,24,27)/t17-/m0/s1. The number of nitrogens with zero attached hydrogens (tertiary/aromatic N) is 1. The van der Waals surface area contributed by atoms with Crippen molar-refractivity contribution in [1.29, 1.82) is 0 Å². The van der Waals surface area contributed by atoms with E-state index in [4.69, 9.17) is 16.3 Å². The van der Waals surface area contributed by atoms with Gasteiger partial charge in [0.15, 0.2) is 0 Å². The van der Waals surface area contributed by atoms with Gasteiger partial charge in [-0.3, -0.25) is 14.4 Å². The number of ether oxygens (including phenoxy) is 1. The molecule has 3 rings (SSSR count). The summed E-state index contributed by atoms with van der Waals surface area (Å²) in [5.41, 5.74) is 1.11. The lowest BCUT2D eigenvalue weighted by Gasteiger charge is -2.23. The van der Waals surface area contributed by atoms with Crippen molar-refractivity contribution in [1.82, 2.24) is 15.5 Å². The maximum Gasteiger partial charge on any atom is 0.309 e. The van der Waals surface area contributed by atoms with Gasteiger partial charge in [0.2, 0.25) is 0 Å². The van der Waals surface area contributed by atoms with Gasteiger partial charge in [0.1, 0.15) is 12.0 Å². The molecular weight excluding hydrogens is 401 g/mol. The van der Waals surface area contributed by atoms with E-state index in [1.54, 1.807) is 24.3 Å². The summed E-state index contributed by atoms with van der Waals surface area (Å²) in [6, 6.07) is 12.0. The molecule has 1 heterocycles. The van der Waals surface area contributed by atoms with Crippen molar-refractivity contribution in [2.75, 3.05) is 19.7 Å². The molecule has 1 atom stereocenters. The van der Waals surface area contributed by atoms with E-state index in [2.05, 4.69) is 10.6 Å². The number of hydrogen-bond acceptors (Lipinski definition) is 4. The van der Waals surface area contributed by atoms with Crippen LogP contribution in [-0.2, 0) is 20.9 Å². The van der Waals surface area contributed by atoms with E-state index in [1.807, 2.05) is 0 Å². The van der Waals surface area contributed by atoms with E-state index >= 15 is 0 Å². The normalized spacial score (nSPS) is 15.8. The molecule has 3 amide bonds. The number of rotatable bonds is 5. The first-order chi connectivity index (χ1) is 13.9. The van der Waals surface area contributed by atoms with Crippen molar-refractivity contribution in [2.24, 2.45) is 0 Å². The van der Waals surface area contributed by atoms with Crippen LogP contribution in [0.25, 0.3) is 0 Å². The van der Waals surface area contributed by atoms with Crippen molar-refractivity contribution in [3.8, 4) is 0 Å². The zero-order valence-electron chi connectivity index (χ0n) is 15.4. The maximum absolute atomic E-state index is 12.9. The number of carbonyl (C=O) groups excluding carboxylic acids is 3. The third-order valence-corrected chi connectivity index (χ3v) is 4.60. The largest absolute Gasteiger partial charge is 0.355 e. The average molecular weight is 420 g/mol. The van der Waals surface area contributed by atoms with E-state index in [1.165, 1.54) is 29.2 Å². The van der Waals surface area contributed by atoms with Crippen LogP contribution in [0.2, 0.25) is 5.02 Å². The molecule has 1 aliphatic rings. The second kappa shape index (κ2) is 9.49. The van der Waals surface area contributed by atoms with Gasteiger partial charge in [0.25, 0.3) is 5.91 Å².